The Morgan fingerprint density at radius 2 is 1.10 bits per heavy atom. The average Bonchev–Trinajstić information content (AvgIpc) is 1.19. The van der Waals surface area contributed by atoms with Crippen LogP contribution in [0.5, 0.6) is 0 Å². The molecule has 10 heavy (non-hydrogen) atoms. The molecule has 0 heterocycles. The van der Waals surface area contributed by atoms with Crippen molar-refractivity contribution in [1.29, 1.82) is 0 Å². The van der Waals surface area contributed by atoms with Gasteiger partial charge < -0.3 is 0 Å². The van der Waals surface area contributed by atoms with Gasteiger partial charge in [-0.15, -0.1) is 0 Å². The topological polar surface area (TPSA) is 74.6 Å². The summed E-state index contributed by atoms with van der Waals surface area (Å²) in [4.78, 5) is 0. The quantitative estimate of drug-likeness (QED) is 0.523. The molecule has 0 unspecified atom stereocenters. The van der Waals surface area contributed by atoms with E-state index >= 15 is 0 Å². The number of hydrogen-bond donors (Lipinski definition) is 2. The zero-order chi connectivity index (χ0) is 8.08. The fraction of sp³-hybridized carbons (Fsp3) is 0. The number of halogens is 3. The van der Waals surface area contributed by atoms with Crippen LogP contribution in [0.25, 0.3) is 0 Å². The maximum absolute atomic E-state index is 8.74. The summed E-state index contributed by atoms with van der Waals surface area (Å²) >= 11 is -1.33. The number of rotatable bonds is 0. The third-order valence-electron chi connectivity index (χ3n) is 0. The Labute approximate surface area is 85.8 Å². The van der Waals surface area contributed by atoms with Crippen LogP contribution in [0.15, 0.2) is 0 Å². The average molecular weight is 316 g/mol. The molecule has 69 valence electrons. The van der Waals surface area contributed by atoms with Crippen LogP contribution in [0.2, 0.25) is 0 Å². The Hall–Kier alpha value is 1.78. The van der Waals surface area contributed by atoms with E-state index in [0.29, 0.717) is 0 Å². The van der Waals surface area contributed by atoms with Crippen LogP contribution in [0.3, 0.4) is 0 Å². The van der Waals surface area contributed by atoms with Gasteiger partial charge >= 0.3 is 51.9 Å². The molecule has 0 aliphatic rings. The third-order valence-corrected chi connectivity index (χ3v) is 0. The van der Waals surface area contributed by atoms with Crippen LogP contribution in [0, 0.1) is 0 Å². The second-order valence-electron chi connectivity index (χ2n) is 0.599. The van der Waals surface area contributed by atoms with E-state index in [9.17, 15) is 0 Å². The van der Waals surface area contributed by atoms with E-state index in [4.69, 9.17) is 47.8 Å². The fourth-order valence-corrected chi connectivity index (χ4v) is 0. The molecule has 0 aliphatic carbocycles. The maximum Gasteiger partial charge on any atom is 0 e. The Bertz CT molecular complexity index is 130. The molecular weight excluding hydrogens is 314 g/mol. The molecule has 2 N–H and O–H groups in total. The number of hydrogen-bond acceptors (Lipinski definition) is 2. The molecule has 10 heteroatoms. The van der Waals surface area contributed by atoms with Crippen LogP contribution >= 0.6 is 30.3 Å². The van der Waals surface area contributed by atoms with E-state index in [1.807, 2.05) is 0 Å². The Kier molecular flexibility index (Phi) is 15.8. The molecule has 0 saturated carbocycles. The molecule has 0 bridgehead atoms. The van der Waals surface area contributed by atoms with Crippen LogP contribution < -0.4 is 0 Å². The minimum Gasteiger partial charge on any atom is 0 e. The fourth-order valence-electron chi connectivity index (χ4n) is 0. The molecule has 0 aromatic carbocycles. The zero-order valence-corrected chi connectivity index (χ0v) is 9.25. The van der Waals surface area contributed by atoms with Crippen molar-refractivity contribution in [1.82, 2.24) is 0 Å². The van der Waals surface area contributed by atoms with Gasteiger partial charge in [0, 0.05) is 17.1 Å². The smallest absolute Gasteiger partial charge is 0 e. The van der Waals surface area contributed by atoms with E-state index in [1.165, 1.54) is 0 Å². The van der Waals surface area contributed by atoms with Gasteiger partial charge in [0.1, 0.15) is 0 Å². The molecule has 0 aromatic heterocycles. The predicted octanol–water partition coefficient (Wildman–Crippen LogP) is 1.41. The molecule has 0 fully saturated rings. The van der Waals surface area contributed by atoms with Gasteiger partial charge in [-0.25, -0.2) is 0 Å². The van der Waals surface area contributed by atoms with Crippen molar-refractivity contribution in [3.8, 4) is 0 Å². The first-order valence-corrected chi connectivity index (χ1v) is 7.05. The molecule has 0 aromatic rings. The summed E-state index contributed by atoms with van der Waals surface area (Å²) in [6.07, 6.45) is 0. The van der Waals surface area contributed by atoms with Gasteiger partial charge in [-0.2, -0.15) is 8.42 Å². The van der Waals surface area contributed by atoms with Gasteiger partial charge in [0.05, 0.1) is 0 Å². The van der Waals surface area contributed by atoms with Gasteiger partial charge in [0.15, 0.2) is 0 Å². The first-order chi connectivity index (χ1) is 3.73. The van der Waals surface area contributed by atoms with Crippen molar-refractivity contribution < 1.29 is 45.8 Å². The summed E-state index contributed by atoms with van der Waals surface area (Å²) in [5.41, 5.74) is 0. The molecule has 0 rings (SSSR count). The Balaban J connectivity index is -0.0000000910. The summed E-state index contributed by atoms with van der Waals surface area (Å²) in [5.74, 6) is 0. The standard InChI is InChI=1S/3ClH.2Fe.H2O4S/c;;;;;1-5(2,3)4/h3*1H;;;(H2,1,2,3,4)/q;;;;+3;/p-3. The van der Waals surface area contributed by atoms with Gasteiger partial charge in [0.2, 0.25) is 0 Å². The van der Waals surface area contributed by atoms with Crippen LogP contribution in [0.4, 0.5) is 0 Å². The van der Waals surface area contributed by atoms with Gasteiger partial charge in [-0.1, -0.05) is 0 Å². The molecule has 0 radical (unpaired) electrons. The van der Waals surface area contributed by atoms with Crippen LogP contribution in [-0.2, 0) is 38.6 Å². The largest absolute Gasteiger partial charge is 0 e. The predicted molar refractivity (Wildman–Crippen MR) is 31.7 cm³/mol. The van der Waals surface area contributed by atoms with Crippen LogP contribution in [-0.4, -0.2) is 17.5 Å². The minimum absolute atomic E-state index is 0. The van der Waals surface area contributed by atoms with Crippen molar-refractivity contribution in [3.63, 3.8) is 0 Å². The second-order valence-corrected chi connectivity index (χ2v) is 6.97. The van der Waals surface area contributed by atoms with Crippen molar-refractivity contribution >= 4 is 40.7 Å². The first-order valence-electron chi connectivity index (χ1n) is 1.10. The molecule has 0 spiro atoms. The van der Waals surface area contributed by atoms with E-state index in [1.54, 1.807) is 0 Å². The maximum atomic E-state index is 8.74. The SMILES string of the molecule is O=S(=O)(O)O.[Cl][Fe]([Cl])[Cl].[Fe]. The van der Waals surface area contributed by atoms with E-state index in [2.05, 4.69) is 0 Å². The molecule has 0 amide bonds. The molecular formula is H2Cl3Fe2O4S. The summed E-state index contributed by atoms with van der Waals surface area (Å²) < 4.78 is 31.6. The molecule has 4 nitrogen and oxygen atoms in total. The van der Waals surface area contributed by atoms with E-state index in [-0.39, 0.29) is 17.1 Å². The van der Waals surface area contributed by atoms with E-state index in [0.717, 1.165) is 0 Å². The van der Waals surface area contributed by atoms with Gasteiger partial charge in [0.25, 0.3) is 0 Å². The van der Waals surface area contributed by atoms with Crippen LogP contribution in [0.1, 0.15) is 0 Å². The van der Waals surface area contributed by atoms with Gasteiger partial charge in [-0.05, 0) is 0 Å². The minimum atomic E-state index is -4.67. The van der Waals surface area contributed by atoms with Crippen molar-refractivity contribution in [2.24, 2.45) is 0 Å². The van der Waals surface area contributed by atoms with E-state index < -0.39 is 21.6 Å². The monoisotopic (exact) mass is 315 g/mol. The van der Waals surface area contributed by atoms with Gasteiger partial charge in [-0.3, -0.25) is 9.11 Å². The zero-order valence-electron chi connectivity index (χ0n) is 3.96. The van der Waals surface area contributed by atoms with Crippen molar-refractivity contribution in [3.05, 3.63) is 0 Å². The summed E-state index contributed by atoms with van der Waals surface area (Å²) in [7, 11) is 10.0. The molecule has 0 saturated heterocycles. The van der Waals surface area contributed by atoms with Crippen molar-refractivity contribution in [2.45, 2.75) is 0 Å². The normalized spacial score (nSPS) is 10.3. The molecule has 0 aliphatic heterocycles. The van der Waals surface area contributed by atoms with Crippen molar-refractivity contribution in [2.75, 3.05) is 0 Å². The Morgan fingerprint density at radius 3 is 1.10 bits per heavy atom. The first kappa shape index (κ1) is 17.8. The summed E-state index contributed by atoms with van der Waals surface area (Å²) in [6.45, 7) is 0. The Morgan fingerprint density at radius 1 is 1.10 bits per heavy atom. The third kappa shape index (κ3) is 238. The summed E-state index contributed by atoms with van der Waals surface area (Å²) in [6, 6.07) is 0. The second kappa shape index (κ2) is 8.87. The summed E-state index contributed by atoms with van der Waals surface area (Å²) in [5, 5.41) is 0. The molecule has 0 atom stereocenters.